The van der Waals surface area contributed by atoms with E-state index in [4.69, 9.17) is 28.9 Å². The number of nitrogen functional groups attached to an aromatic ring is 1. The lowest BCUT2D eigenvalue weighted by Gasteiger charge is -1.97. The summed E-state index contributed by atoms with van der Waals surface area (Å²) in [5.74, 6) is 0. The van der Waals surface area contributed by atoms with Gasteiger partial charge in [-0.25, -0.2) is 0 Å². The van der Waals surface area contributed by atoms with E-state index in [1.807, 2.05) is 10.9 Å². The molecule has 0 saturated carbocycles. The van der Waals surface area contributed by atoms with Gasteiger partial charge >= 0.3 is 0 Å². The van der Waals surface area contributed by atoms with E-state index in [0.717, 1.165) is 24.9 Å². The van der Waals surface area contributed by atoms with Crippen molar-refractivity contribution in [3.63, 3.8) is 0 Å². The van der Waals surface area contributed by atoms with E-state index < -0.39 is 0 Å². The number of nitrogens with zero attached hydrogens (tertiary/aromatic N) is 2. The predicted octanol–water partition coefficient (Wildman–Crippen LogP) is 4.30. The first-order chi connectivity index (χ1) is 8.11. The number of rotatable bonds is 4. The third-order valence-electron chi connectivity index (χ3n) is 2.44. The zero-order chi connectivity index (χ0) is 12.4. The molecule has 6 heteroatoms. The van der Waals surface area contributed by atoms with Gasteiger partial charge in [0.1, 0.15) is 10.0 Å². The highest BCUT2D eigenvalue weighted by Crippen LogP contribution is 2.39. The van der Waals surface area contributed by atoms with Gasteiger partial charge in [-0.3, -0.25) is 4.68 Å². The van der Waals surface area contributed by atoms with Crippen LogP contribution in [0, 0.1) is 0 Å². The summed E-state index contributed by atoms with van der Waals surface area (Å²) >= 11 is 13.3. The average Bonchev–Trinajstić information content (AvgIpc) is 2.79. The normalized spacial score (nSPS) is 11.0. The van der Waals surface area contributed by atoms with E-state index in [2.05, 4.69) is 12.0 Å². The highest BCUT2D eigenvalue weighted by Gasteiger charge is 2.14. The molecule has 2 rings (SSSR count). The number of unbranched alkanes of at least 4 members (excludes halogenated alkanes) is 1. The summed E-state index contributed by atoms with van der Waals surface area (Å²) in [6, 6.07) is 1.80. The Bertz CT molecular complexity index is 519. The van der Waals surface area contributed by atoms with Crippen LogP contribution in [0.3, 0.4) is 0 Å². The lowest BCUT2D eigenvalue weighted by atomic mass is 10.2. The van der Waals surface area contributed by atoms with Crippen LogP contribution in [0.4, 0.5) is 5.69 Å². The maximum Gasteiger partial charge on any atom is 0.118 e. The summed E-state index contributed by atoms with van der Waals surface area (Å²) in [6.45, 7) is 3.01. The summed E-state index contributed by atoms with van der Waals surface area (Å²) in [5.41, 5.74) is 8.11. The van der Waals surface area contributed by atoms with Crippen molar-refractivity contribution < 1.29 is 0 Å². The topological polar surface area (TPSA) is 43.8 Å². The van der Waals surface area contributed by atoms with Crippen LogP contribution in [0.2, 0.25) is 8.67 Å². The molecule has 0 saturated heterocycles. The van der Waals surface area contributed by atoms with E-state index in [9.17, 15) is 0 Å². The number of aryl methyl sites for hydroxylation is 1. The Hall–Kier alpha value is -0.710. The van der Waals surface area contributed by atoms with Gasteiger partial charge in [0.2, 0.25) is 0 Å². The highest BCUT2D eigenvalue weighted by atomic mass is 35.5. The van der Waals surface area contributed by atoms with Crippen molar-refractivity contribution in [2.24, 2.45) is 0 Å². The van der Waals surface area contributed by atoms with Gasteiger partial charge < -0.3 is 5.73 Å². The fourth-order valence-corrected chi connectivity index (χ4v) is 3.05. The van der Waals surface area contributed by atoms with Gasteiger partial charge in [0.05, 0.1) is 10.0 Å². The Morgan fingerprint density at radius 2 is 2.24 bits per heavy atom. The lowest BCUT2D eigenvalue weighted by Crippen LogP contribution is -1.97. The number of thiophene rings is 1. The highest BCUT2D eigenvalue weighted by molar-refractivity contribution is 7.20. The molecule has 2 N–H and O–H groups in total. The minimum absolute atomic E-state index is 0.627. The van der Waals surface area contributed by atoms with E-state index in [0.29, 0.717) is 20.1 Å². The Balaban J connectivity index is 2.32. The first-order valence-corrected chi connectivity index (χ1v) is 6.97. The Morgan fingerprint density at radius 3 is 2.82 bits per heavy atom. The smallest absolute Gasteiger partial charge is 0.118 e. The number of hydrogen-bond donors (Lipinski definition) is 1. The maximum absolute atomic E-state index is 6.09. The van der Waals surface area contributed by atoms with Crippen LogP contribution in [0.5, 0.6) is 0 Å². The number of hydrogen-bond acceptors (Lipinski definition) is 3. The van der Waals surface area contributed by atoms with Crippen molar-refractivity contribution in [3.05, 3.63) is 20.9 Å². The molecule has 0 amide bonds. The molecule has 0 unspecified atom stereocenters. The van der Waals surface area contributed by atoms with Crippen LogP contribution in [-0.4, -0.2) is 9.78 Å². The van der Waals surface area contributed by atoms with Crippen LogP contribution in [0.1, 0.15) is 19.8 Å². The maximum atomic E-state index is 6.09. The molecule has 0 fully saturated rings. The second-order valence-electron chi connectivity index (χ2n) is 3.79. The predicted molar refractivity (Wildman–Crippen MR) is 74.9 cm³/mol. The molecule has 0 aliphatic rings. The van der Waals surface area contributed by atoms with Gasteiger partial charge in [-0.1, -0.05) is 36.5 Å². The van der Waals surface area contributed by atoms with Crippen molar-refractivity contribution in [1.82, 2.24) is 9.78 Å². The summed E-state index contributed by atoms with van der Waals surface area (Å²) < 4.78 is 3.13. The molecule has 0 aromatic carbocycles. The Kier molecular flexibility index (Phi) is 3.97. The standard InChI is InChI=1S/C11H13Cl2N3S/c1-2-3-4-16-6-8(14)10(15-16)7-5-9(12)17-11(7)13/h5-6H,2-4,14H2,1H3. The summed E-state index contributed by atoms with van der Waals surface area (Å²) in [7, 11) is 0. The molecule has 0 aliphatic heterocycles. The number of anilines is 1. The second-order valence-corrected chi connectivity index (χ2v) is 6.07. The molecule has 0 bridgehead atoms. The van der Waals surface area contributed by atoms with Gasteiger partial charge in [0, 0.05) is 18.3 Å². The molecular formula is C11H13Cl2N3S. The molecule has 0 spiro atoms. The molecule has 3 nitrogen and oxygen atoms in total. The third kappa shape index (κ3) is 2.76. The second kappa shape index (κ2) is 5.29. The SMILES string of the molecule is CCCCn1cc(N)c(-c2cc(Cl)sc2Cl)n1. The third-order valence-corrected chi connectivity index (χ3v) is 3.93. The zero-order valence-corrected chi connectivity index (χ0v) is 11.7. The number of halogens is 2. The van der Waals surface area contributed by atoms with Gasteiger partial charge in [0.15, 0.2) is 0 Å². The Morgan fingerprint density at radius 1 is 1.47 bits per heavy atom. The van der Waals surface area contributed by atoms with Crippen LogP contribution in [-0.2, 0) is 6.54 Å². The minimum Gasteiger partial charge on any atom is -0.396 e. The van der Waals surface area contributed by atoms with Crippen molar-refractivity contribution >= 4 is 40.2 Å². The van der Waals surface area contributed by atoms with E-state index in [1.54, 1.807) is 6.07 Å². The molecule has 0 aliphatic carbocycles. The van der Waals surface area contributed by atoms with Crippen molar-refractivity contribution in [3.8, 4) is 11.3 Å². The molecule has 0 atom stereocenters. The van der Waals surface area contributed by atoms with Gasteiger partial charge in [-0.05, 0) is 12.5 Å². The van der Waals surface area contributed by atoms with E-state index >= 15 is 0 Å². The molecule has 2 heterocycles. The quantitative estimate of drug-likeness (QED) is 0.912. The summed E-state index contributed by atoms with van der Waals surface area (Å²) in [5, 5.41) is 4.45. The van der Waals surface area contributed by atoms with Gasteiger partial charge in [-0.2, -0.15) is 5.10 Å². The van der Waals surface area contributed by atoms with Gasteiger partial charge in [0.25, 0.3) is 0 Å². The van der Waals surface area contributed by atoms with Crippen LogP contribution >= 0.6 is 34.5 Å². The zero-order valence-electron chi connectivity index (χ0n) is 9.41. The largest absolute Gasteiger partial charge is 0.396 e. The van der Waals surface area contributed by atoms with Gasteiger partial charge in [-0.15, -0.1) is 11.3 Å². The lowest BCUT2D eigenvalue weighted by molar-refractivity contribution is 0.573. The first kappa shape index (κ1) is 12.7. The monoisotopic (exact) mass is 289 g/mol. The Labute approximate surface area is 114 Å². The van der Waals surface area contributed by atoms with Crippen LogP contribution in [0.25, 0.3) is 11.3 Å². The summed E-state index contributed by atoms with van der Waals surface area (Å²) in [4.78, 5) is 0. The average molecular weight is 290 g/mol. The van der Waals surface area contributed by atoms with E-state index in [-0.39, 0.29) is 0 Å². The van der Waals surface area contributed by atoms with Crippen molar-refractivity contribution in [1.29, 1.82) is 0 Å². The van der Waals surface area contributed by atoms with Crippen molar-refractivity contribution in [2.45, 2.75) is 26.3 Å². The molecule has 17 heavy (non-hydrogen) atoms. The van der Waals surface area contributed by atoms with E-state index in [1.165, 1.54) is 11.3 Å². The van der Waals surface area contributed by atoms with Crippen LogP contribution in [0.15, 0.2) is 12.3 Å². The fraction of sp³-hybridized carbons (Fsp3) is 0.364. The fourth-order valence-electron chi connectivity index (χ4n) is 1.58. The summed E-state index contributed by atoms with van der Waals surface area (Å²) in [6.07, 6.45) is 4.05. The molecule has 0 radical (unpaired) electrons. The number of aromatic nitrogens is 2. The molecule has 92 valence electrons. The first-order valence-electron chi connectivity index (χ1n) is 5.40. The molecule has 2 aromatic rings. The number of nitrogens with two attached hydrogens (primary N) is 1. The molecular weight excluding hydrogens is 277 g/mol. The van der Waals surface area contributed by atoms with Crippen LogP contribution < -0.4 is 5.73 Å². The van der Waals surface area contributed by atoms with Crippen molar-refractivity contribution in [2.75, 3.05) is 5.73 Å². The minimum atomic E-state index is 0.627. The molecule has 2 aromatic heterocycles.